The van der Waals surface area contributed by atoms with Gasteiger partial charge in [0.05, 0.1) is 0 Å². The molecule has 0 fully saturated rings. The van der Waals surface area contributed by atoms with Gasteiger partial charge in [-0.15, -0.1) is 13.2 Å². The van der Waals surface area contributed by atoms with Crippen molar-refractivity contribution in [3.63, 3.8) is 0 Å². The minimum Gasteiger partial charge on any atom is -0.335 e. The molecule has 8 heteroatoms. The lowest BCUT2D eigenvalue weighted by Gasteiger charge is -2.31. The lowest BCUT2D eigenvalue weighted by Crippen LogP contribution is -2.59. The van der Waals surface area contributed by atoms with Crippen LogP contribution in [0.1, 0.15) is 6.92 Å². The average molecular weight is 240 g/mol. The van der Waals surface area contributed by atoms with Crippen molar-refractivity contribution in [1.29, 1.82) is 0 Å². The van der Waals surface area contributed by atoms with Crippen LogP contribution in [-0.2, 0) is 0 Å². The summed E-state index contributed by atoms with van der Waals surface area (Å²) in [6.07, 6.45) is -3.42. The van der Waals surface area contributed by atoms with Crippen molar-refractivity contribution in [2.45, 2.75) is 31.0 Å². The quantitative estimate of drug-likeness (QED) is 0.450. The Morgan fingerprint density at radius 3 is 1.33 bits per heavy atom. The Bertz CT molecular complexity index is 198. The van der Waals surface area contributed by atoms with E-state index in [0.29, 0.717) is 0 Å². The van der Waals surface area contributed by atoms with E-state index < -0.39 is 24.1 Å². The third-order valence-corrected chi connectivity index (χ3v) is 1.32. The van der Waals surface area contributed by atoms with Gasteiger partial charge in [-0.05, 0) is 6.92 Å². The molecule has 0 heterocycles. The van der Waals surface area contributed by atoms with Crippen LogP contribution in [0.25, 0.3) is 0 Å². The molecular formula is C7H10F6O2. The maximum Gasteiger partial charge on any atom is 0.396 e. The van der Waals surface area contributed by atoms with Gasteiger partial charge < -0.3 is 10.2 Å². The van der Waals surface area contributed by atoms with E-state index in [1.54, 1.807) is 0 Å². The Kier molecular flexibility index (Phi) is 5.38. The molecular weight excluding hydrogens is 230 g/mol. The molecule has 0 spiro atoms. The molecule has 0 amide bonds. The molecule has 0 aliphatic rings. The van der Waals surface area contributed by atoms with Crippen LogP contribution in [0.3, 0.4) is 0 Å². The zero-order chi connectivity index (χ0) is 13.1. The van der Waals surface area contributed by atoms with Crippen molar-refractivity contribution < 1.29 is 36.6 Å². The van der Waals surface area contributed by atoms with Gasteiger partial charge in [-0.2, -0.15) is 22.0 Å². The first-order valence-corrected chi connectivity index (χ1v) is 3.48. The second-order valence-electron chi connectivity index (χ2n) is 2.40. The van der Waals surface area contributed by atoms with Gasteiger partial charge in [0.25, 0.3) is 0 Å². The first-order chi connectivity index (χ1) is 6.44. The number of aliphatic hydroxyl groups is 2. The number of halogens is 6. The Balaban J connectivity index is 0. The van der Waals surface area contributed by atoms with Crippen molar-refractivity contribution in [3.8, 4) is 0 Å². The molecule has 0 saturated heterocycles. The minimum atomic E-state index is -5.91. The molecule has 0 rings (SSSR count). The van der Waals surface area contributed by atoms with E-state index in [1.165, 1.54) is 0 Å². The van der Waals surface area contributed by atoms with E-state index in [2.05, 4.69) is 13.2 Å². The molecule has 15 heavy (non-hydrogen) atoms. The summed E-state index contributed by atoms with van der Waals surface area (Å²) in [5.41, 5.74) is 0. The van der Waals surface area contributed by atoms with Gasteiger partial charge in [0.15, 0.2) is 6.17 Å². The third kappa shape index (κ3) is 3.10. The van der Waals surface area contributed by atoms with E-state index in [-0.39, 0.29) is 6.92 Å². The fourth-order valence-electron chi connectivity index (χ4n) is 0.462. The highest BCUT2D eigenvalue weighted by atomic mass is 19.3. The van der Waals surface area contributed by atoms with Crippen LogP contribution in [0, 0.1) is 0 Å². The molecule has 92 valence electrons. The lowest BCUT2D eigenvalue weighted by molar-refractivity contribution is -0.420. The summed E-state index contributed by atoms with van der Waals surface area (Å²) in [5.74, 6) is -11.4. The van der Waals surface area contributed by atoms with Gasteiger partial charge in [-0.3, -0.25) is 0 Å². The largest absolute Gasteiger partial charge is 0.396 e. The topological polar surface area (TPSA) is 40.5 Å². The van der Waals surface area contributed by atoms with Crippen molar-refractivity contribution in [3.05, 3.63) is 13.2 Å². The summed E-state index contributed by atoms with van der Waals surface area (Å²) in [6, 6.07) is -5.46. The van der Waals surface area contributed by atoms with Gasteiger partial charge in [-0.1, -0.05) is 0 Å². The van der Waals surface area contributed by atoms with Crippen molar-refractivity contribution in [1.82, 2.24) is 0 Å². The third-order valence-electron chi connectivity index (χ3n) is 1.32. The van der Waals surface area contributed by atoms with Crippen molar-refractivity contribution >= 4 is 0 Å². The Morgan fingerprint density at radius 1 is 1.00 bits per heavy atom. The molecule has 1 unspecified atom stereocenters. The highest BCUT2D eigenvalue weighted by Crippen LogP contribution is 2.44. The van der Waals surface area contributed by atoms with Crippen LogP contribution in [0.4, 0.5) is 26.3 Å². The van der Waals surface area contributed by atoms with Crippen molar-refractivity contribution in [2.75, 3.05) is 0 Å². The van der Waals surface area contributed by atoms with Gasteiger partial charge in [0, 0.05) is 0 Å². The SMILES string of the molecule is C=C.CC(F)C(F)(F)C(F)(F)C(O)(O)F. The smallest absolute Gasteiger partial charge is 0.335 e. The van der Waals surface area contributed by atoms with E-state index in [1.807, 2.05) is 0 Å². The van der Waals surface area contributed by atoms with Crippen LogP contribution < -0.4 is 0 Å². The van der Waals surface area contributed by atoms with Crippen molar-refractivity contribution in [2.24, 2.45) is 0 Å². The number of hydrogen-bond donors (Lipinski definition) is 2. The predicted octanol–water partition coefficient (Wildman–Crippen LogP) is 2.03. The van der Waals surface area contributed by atoms with Crippen LogP contribution in [0.2, 0.25) is 0 Å². The number of alkyl halides is 6. The van der Waals surface area contributed by atoms with Crippen LogP contribution in [-0.4, -0.2) is 34.3 Å². The monoisotopic (exact) mass is 240 g/mol. The van der Waals surface area contributed by atoms with Crippen LogP contribution in [0.15, 0.2) is 13.2 Å². The highest BCUT2D eigenvalue weighted by Gasteiger charge is 2.72. The lowest BCUT2D eigenvalue weighted by atomic mass is 10.1. The van der Waals surface area contributed by atoms with E-state index in [4.69, 9.17) is 10.2 Å². The molecule has 0 aliphatic carbocycles. The summed E-state index contributed by atoms with van der Waals surface area (Å²) in [6.45, 7) is 6.04. The summed E-state index contributed by atoms with van der Waals surface area (Å²) >= 11 is 0. The standard InChI is InChI=1S/C5H6F6O2.C2H4/c1-2(6)3(7,8)4(9,10)5(11,12)13;1-2/h2,12-13H,1H3;1-2H2. The number of hydrogen-bond acceptors (Lipinski definition) is 2. The minimum absolute atomic E-state index is 0.0413. The molecule has 0 radical (unpaired) electrons. The average Bonchev–Trinajstić information content (AvgIpc) is 2.05. The zero-order valence-electron chi connectivity index (χ0n) is 7.65. The molecule has 2 nitrogen and oxygen atoms in total. The molecule has 0 saturated carbocycles. The molecule has 0 bridgehead atoms. The first kappa shape index (κ1) is 16.7. The Morgan fingerprint density at radius 2 is 1.27 bits per heavy atom. The highest BCUT2D eigenvalue weighted by molar-refractivity contribution is 4.93. The summed E-state index contributed by atoms with van der Waals surface area (Å²) in [7, 11) is 0. The molecule has 1 atom stereocenters. The molecule has 2 N–H and O–H groups in total. The molecule has 0 aromatic rings. The van der Waals surface area contributed by atoms with Crippen LogP contribution in [0.5, 0.6) is 0 Å². The number of rotatable bonds is 3. The second-order valence-corrected chi connectivity index (χ2v) is 2.40. The molecule has 0 aliphatic heterocycles. The summed E-state index contributed by atoms with van der Waals surface area (Å²) in [5, 5.41) is 15.2. The van der Waals surface area contributed by atoms with Gasteiger partial charge >= 0.3 is 17.9 Å². The molecule has 0 aromatic heterocycles. The maximum atomic E-state index is 12.1. The fraction of sp³-hybridized carbons (Fsp3) is 0.714. The predicted molar refractivity (Wildman–Crippen MR) is 40.0 cm³/mol. The zero-order valence-corrected chi connectivity index (χ0v) is 7.65. The van der Waals surface area contributed by atoms with E-state index >= 15 is 0 Å². The first-order valence-electron chi connectivity index (χ1n) is 3.48. The summed E-state index contributed by atoms with van der Waals surface area (Å²) < 4.78 is 72.1. The fourth-order valence-corrected chi connectivity index (χ4v) is 0.462. The van der Waals surface area contributed by atoms with E-state index in [0.717, 1.165) is 0 Å². The van der Waals surface area contributed by atoms with Gasteiger partial charge in [-0.25, -0.2) is 4.39 Å². The van der Waals surface area contributed by atoms with Crippen LogP contribution >= 0.6 is 0 Å². The Labute approximate surface area is 81.8 Å². The Hall–Kier alpha value is -0.760. The normalized spacial score (nSPS) is 15.3. The van der Waals surface area contributed by atoms with E-state index in [9.17, 15) is 26.3 Å². The van der Waals surface area contributed by atoms with Gasteiger partial charge in [0.1, 0.15) is 0 Å². The maximum absolute atomic E-state index is 12.1. The second kappa shape index (κ2) is 4.84. The molecule has 0 aromatic carbocycles. The van der Waals surface area contributed by atoms with Gasteiger partial charge in [0.2, 0.25) is 0 Å². The summed E-state index contributed by atoms with van der Waals surface area (Å²) in [4.78, 5) is 0.